The van der Waals surface area contributed by atoms with E-state index in [0.29, 0.717) is 35.1 Å². The van der Waals surface area contributed by atoms with Crippen LogP contribution in [0.1, 0.15) is 18.1 Å². The zero-order valence-corrected chi connectivity index (χ0v) is 12.6. The van der Waals surface area contributed by atoms with E-state index in [1.807, 2.05) is 31.2 Å². The Morgan fingerprint density at radius 1 is 1.35 bits per heavy atom. The number of halogens is 1. The fourth-order valence-corrected chi connectivity index (χ4v) is 2.07. The molecule has 1 N–H and O–H groups in total. The Morgan fingerprint density at radius 3 is 2.70 bits per heavy atom. The van der Waals surface area contributed by atoms with Crippen molar-refractivity contribution in [3.05, 3.63) is 61.7 Å². The van der Waals surface area contributed by atoms with Gasteiger partial charge in [-0.25, -0.2) is 0 Å². The largest absolute Gasteiger partial charge is 0.356 e. The number of aryl methyl sites for hydroxylation is 1. The van der Waals surface area contributed by atoms with E-state index in [9.17, 15) is 4.79 Å². The molecule has 0 aliphatic heterocycles. The summed E-state index contributed by atoms with van der Waals surface area (Å²) in [5, 5.41) is 0.698. The number of aromatic amines is 1. The van der Waals surface area contributed by atoms with Gasteiger partial charge in [0, 0.05) is 16.8 Å². The van der Waals surface area contributed by atoms with E-state index in [-0.39, 0.29) is 5.56 Å². The lowest BCUT2D eigenvalue weighted by atomic mass is 10.2. The number of nitrogens with one attached hydrogen (secondary N) is 1. The van der Waals surface area contributed by atoms with Gasteiger partial charge in [-0.15, -0.1) is 0 Å². The highest BCUT2D eigenvalue weighted by molar-refractivity contribution is 7.71. The van der Waals surface area contributed by atoms with E-state index in [1.165, 1.54) is 0 Å². The van der Waals surface area contributed by atoms with Crippen LogP contribution >= 0.6 is 23.8 Å². The Balaban J connectivity index is 2.02. The Labute approximate surface area is 127 Å². The second kappa shape index (κ2) is 6.83. The molecule has 1 aromatic carbocycles. The maximum atomic E-state index is 11.6. The van der Waals surface area contributed by atoms with E-state index < -0.39 is 0 Å². The van der Waals surface area contributed by atoms with E-state index in [4.69, 9.17) is 28.6 Å². The molecule has 2 rings (SSSR count). The molecule has 20 heavy (non-hydrogen) atoms. The summed E-state index contributed by atoms with van der Waals surface area (Å²) in [4.78, 5) is 14.2. The Kier molecular flexibility index (Phi) is 5.11. The van der Waals surface area contributed by atoms with Crippen LogP contribution in [0.3, 0.4) is 0 Å². The molecule has 0 radical (unpaired) electrons. The lowest BCUT2D eigenvalue weighted by molar-refractivity contribution is 0.0618. The number of aromatic nitrogens is 2. The van der Waals surface area contributed by atoms with Crippen LogP contribution in [0, 0.1) is 4.77 Å². The first-order valence-corrected chi connectivity index (χ1v) is 7.03. The van der Waals surface area contributed by atoms with Crippen LogP contribution in [-0.4, -0.2) is 9.55 Å². The van der Waals surface area contributed by atoms with E-state index in [2.05, 4.69) is 4.98 Å². The standard InChI is InChI=1S/C14H15ClN2O2S/c1-2-11-7-17(14(20)16-13(11)18)9-19-8-10-3-5-12(15)6-4-10/h3-7H,2,8-9H2,1H3,(H,16,18,20). The molecule has 0 aliphatic rings. The van der Waals surface area contributed by atoms with Crippen molar-refractivity contribution in [3.63, 3.8) is 0 Å². The van der Waals surface area contributed by atoms with Gasteiger partial charge in [-0.05, 0) is 36.3 Å². The Morgan fingerprint density at radius 2 is 2.05 bits per heavy atom. The van der Waals surface area contributed by atoms with Crippen molar-refractivity contribution in [3.8, 4) is 0 Å². The first-order chi connectivity index (χ1) is 9.60. The molecule has 0 bridgehead atoms. The SMILES string of the molecule is CCc1cn(COCc2ccc(Cl)cc2)c(=S)[nH]c1=O. The third-order valence-corrected chi connectivity index (χ3v) is 3.47. The summed E-state index contributed by atoms with van der Waals surface area (Å²) >= 11 is 10.9. The van der Waals surface area contributed by atoms with Crippen molar-refractivity contribution < 1.29 is 4.74 Å². The van der Waals surface area contributed by atoms with Gasteiger partial charge < -0.3 is 9.30 Å². The number of hydrogen-bond donors (Lipinski definition) is 1. The lowest BCUT2D eigenvalue weighted by Crippen LogP contribution is -2.18. The quantitative estimate of drug-likeness (QED) is 0.862. The third-order valence-electron chi connectivity index (χ3n) is 2.88. The number of ether oxygens (including phenoxy) is 1. The summed E-state index contributed by atoms with van der Waals surface area (Å²) in [6.45, 7) is 2.68. The van der Waals surface area contributed by atoms with Crippen molar-refractivity contribution in [2.45, 2.75) is 26.7 Å². The average molecular weight is 311 g/mol. The van der Waals surface area contributed by atoms with Gasteiger partial charge >= 0.3 is 0 Å². The third kappa shape index (κ3) is 3.79. The molecule has 0 unspecified atom stereocenters. The van der Waals surface area contributed by atoms with Gasteiger partial charge in [-0.3, -0.25) is 9.78 Å². The predicted molar refractivity (Wildman–Crippen MR) is 81.5 cm³/mol. The molecule has 0 saturated heterocycles. The summed E-state index contributed by atoms with van der Waals surface area (Å²) in [5.41, 5.74) is 1.58. The Hall–Kier alpha value is -1.43. The number of benzene rings is 1. The van der Waals surface area contributed by atoms with Crippen LogP contribution in [0.2, 0.25) is 5.02 Å². The van der Waals surface area contributed by atoms with Crippen LogP contribution in [0.25, 0.3) is 0 Å². The van der Waals surface area contributed by atoms with Crippen LogP contribution in [0.5, 0.6) is 0 Å². The van der Waals surface area contributed by atoms with Gasteiger partial charge in [0.05, 0.1) is 6.61 Å². The zero-order valence-electron chi connectivity index (χ0n) is 11.1. The van der Waals surface area contributed by atoms with Gasteiger partial charge in [0.2, 0.25) is 0 Å². The van der Waals surface area contributed by atoms with E-state index in [1.54, 1.807) is 10.8 Å². The van der Waals surface area contributed by atoms with Gasteiger partial charge in [0.15, 0.2) is 4.77 Å². The van der Waals surface area contributed by atoms with Crippen LogP contribution in [0.4, 0.5) is 0 Å². The minimum atomic E-state index is -0.133. The normalized spacial score (nSPS) is 10.7. The first kappa shape index (κ1) is 15.0. The van der Waals surface area contributed by atoms with Crippen LogP contribution < -0.4 is 5.56 Å². The van der Waals surface area contributed by atoms with Crippen LogP contribution in [-0.2, 0) is 24.5 Å². The summed E-state index contributed by atoms with van der Waals surface area (Å²) in [5.74, 6) is 0. The molecule has 0 spiro atoms. The van der Waals surface area contributed by atoms with Crippen LogP contribution in [0.15, 0.2) is 35.3 Å². The lowest BCUT2D eigenvalue weighted by Gasteiger charge is -2.09. The molecule has 6 heteroatoms. The fraction of sp³-hybridized carbons (Fsp3) is 0.286. The first-order valence-electron chi connectivity index (χ1n) is 6.25. The smallest absolute Gasteiger partial charge is 0.254 e. The molecule has 0 fully saturated rings. The number of H-pyrrole nitrogens is 1. The fourth-order valence-electron chi connectivity index (χ4n) is 1.74. The Bertz CT molecular complexity index is 692. The van der Waals surface area contributed by atoms with Gasteiger partial charge in [-0.1, -0.05) is 30.7 Å². The maximum absolute atomic E-state index is 11.6. The van der Waals surface area contributed by atoms with Gasteiger partial charge in [0.1, 0.15) is 6.73 Å². The molecular formula is C14H15ClN2O2S. The maximum Gasteiger partial charge on any atom is 0.254 e. The highest BCUT2D eigenvalue weighted by Gasteiger charge is 2.01. The average Bonchev–Trinajstić information content (AvgIpc) is 2.43. The highest BCUT2D eigenvalue weighted by Crippen LogP contribution is 2.10. The molecule has 1 heterocycles. The minimum Gasteiger partial charge on any atom is -0.356 e. The highest BCUT2D eigenvalue weighted by atomic mass is 35.5. The number of nitrogens with zero attached hydrogens (tertiary/aromatic N) is 1. The van der Waals surface area contributed by atoms with Gasteiger partial charge in [0.25, 0.3) is 5.56 Å². The molecule has 0 atom stereocenters. The van der Waals surface area contributed by atoms with Crippen molar-refractivity contribution in [1.82, 2.24) is 9.55 Å². The topological polar surface area (TPSA) is 47.0 Å². The van der Waals surface area contributed by atoms with Gasteiger partial charge in [-0.2, -0.15) is 0 Å². The summed E-state index contributed by atoms with van der Waals surface area (Å²) in [7, 11) is 0. The van der Waals surface area contributed by atoms with Crippen molar-refractivity contribution in [2.24, 2.45) is 0 Å². The van der Waals surface area contributed by atoms with E-state index in [0.717, 1.165) is 5.56 Å². The monoisotopic (exact) mass is 310 g/mol. The predicted octanol–water partition coefficient (Wildman–Crippen LogP) is 3.30. The zero-order chi connectivity index (χ0) is 14.5. The van der Waals surface area contributed by atoms with E-state index >= 15 is 0 Å². The number of rotatable bonds is 5. The van der Waals surface area contributed by atoms with Crippen molar-refractivity contribution >= 4 is 23.8 Å². The summed E-state index contributed by atoms with van der Waals surface area (Å²) < 4.78 is 7.67. The summed E-state index contributed by atoms with van der Waals surface area (Å²) in [6, 6.07) is 7.46. The second-order valence-corrected chi connectivity index (χ2v) is 5.16. The molecule has 106 valence electrons. The molecule has 4 nitrogen and oxygen atoms in total. The second-order valence-electron chi connectivity index (χ2n) is 4.34. The van der Waals surface area contributed by atoms with Crippen molar-refractivity contribution in [1.29, 1.82) is 0 Å². The molecule has 0 amide bonds. The molecule has 0 aliphatic carbocycles. The molecule has 2 aromatic rings. The summed E-state index contributed by atoms with van der Waals surface area (Å²) in [6.07, 6.45) is 2.39. The minimum absolute atomic E-state index is 0.133. The molecular weight excluding hydrogens is 296 g/mol. The van der Waals surface area contributed by atoms with Crippen molar-refractivity contribution in [2.75, 3.05) is 0 Å². The number of hydrogen-bond acceptors (Lipinski definition) is 3. The molecule has 0 saturated carbocycles. The molecule has 1 aromatic heterocycles.